The van der Waals surface area contributed by atoms with Gasteiger partial charge in [-0.3, -0.25) is 9.36 Å². The van der Waals surface area contributed by atoms with Crippen molar-refractivity contribution in [2.24, 2.45) is 13.0 Å². The zero-order chi connectivity index (χ0) is 15.9. The standard InChI is InChI=1S/C16H19N3O3/c1-10-4-3-7-19(9-10)16-17-13-8-11(15(21)22)5-6-12(13)14(20)18(16)2/h5-6,8,10H,3-4,7,9H2,1-2H3,(H,21,22). The van der Waals surface area contributed by atoms with Crippen LogP contribution in [0.3, 0.4) is 0 Å². The quantitative estimate of drug-likeness (QED) is 0.916. The van der Waals surface area contributed by atoms with Crippen molar-refractivity contribution in [1.29, 1.82) is 0 Å². The smallest absolute Gasteiger partial charge is 0.335 e. The van der Waals surface area contributed by atoms with Gasteiger partial charge in [0.05, 0.1) is 16.5 Å². The first-order chi connectivity index (χ1) is 10.5. The monoisotopic (exact) mass is 301 g/mol. The summed E-state index contributed by atoms with van der Waals surface area (Å²) in [6, 6.07) is 4.45. The van der Waals surface area contributed by atoms with Crippen LogP contribution < -0.4 is 10.5 Å². The van der Waals surface area contributed by atoms with Crippen molar-refractivity contribution in [1.82, 2.24) is 9.55 Å². The zero-order valence-electron chi connectivity index (χ0n) is 12.7. The average molecular weight is 301 g/mol. The highest BCUT2D eigenvalue weighted by Crippen LogP contribution is 2.22. The van der Waals surface area contributed by atoms with Gasteiger partial charge in [0.2, 0.25) is 5.95 Å². The molecule has 1 aromatic heterocycles. The van der Waals surface area contributed by atoms with Gasteiger partial charge >= 0.3 is 5.97 Å². The molecule has 1 aromatic carbocycles. The minimum absolute atomic E-state index is 0.143. The van der Waals surface area contributed by atoms with Crippen LogP contribution in [0.1, 0.15) is 30.1 Å². The van der Waals surface area contributed by atoms with Gasteiger partial charge in [0.15, 0.2) is 0 Å². The Hall–Kier alpha value is -2.37. The van der Waals surface area contributed by atoms with Crippen LogP contribution in [-0.2, 0) is 7.05 Å². The average Bonchev–Trinajstić information content (AvgIpc) is 2.50. The summed E-state index contributed by atoms with van der Waals surface area (Å²) in [4.78, 5) is 30.3. The summed E-state index contributed by atoms with van der Waals surface area (Å²) >= 11 is 0. The predicted molar refractivity (Wildman–Crippen MR) is 84.6 cm³/mol. The number of aromatic nitrogens is 2. The fourth-order valence-corrected chi connectivity index (χ4v) is 3.05. The summed E-state index contributed by atoms with van der Waals surface area (Å²) in [5, 5.41) is 9.55. The van der Waals surface area contributed by atoms with Crippen molar-refractivity contribution in [3.8, 4) is 0 Å². The molecule has 0 spiro atoms. The molecule has 0 aliphatic carbocycles. The van der Waals surface area contributed by atoms with Crippen LogP contribution in [-0.4, -0.2) is 33.7 Å². The third-order valence-corrected chi connectivity index (χ3v) is 4.24. The lowest BCUT2D eigenvalue weighted by Gasteiger charge is -2.32. The van der Waals surface area contributed by atoms with E-state index in [4.69, 9.17) is 5.11 Å². The summed E-state index contributed by atoms with van der Waals surface area (Å²) in [5.41, 5.74) is 0.442. The maximum absolute atomic E-state index is 12.5. The highest BCUT2D eigenvalue weighted by Gasteiger charge is 2.21. The molecule has 2 heterocycles. The lowest BCUT2D eigenvalue weighted by Crippen LogP contribution is -2.38. The molecule has 1 fully saturated rings. The molecule has 1 unspecified atom stereocenters. The maximum Gasteiger partial charge on any atom is 0.335 e. The van der Waals surface area contributed by atoms with Crippen molar-refractivity contribution in [3.05, 3.63) is 34.1 Å². The Morgan fingerprint density at radius 3 is 2.86 bits per heavy atom. The van der Waals surface area contributed by atoms with Gasteiger partial charge < -0.3 is 10.0 Å². The molecule has 0 radical (unpaired) electrons. The molecule has 0 amide bonds. The van der Waals surface area contributed by atoms with Gasteiger partial charge in [-0.2, -0.15) is 0 Å². The SMILES string of the molecule is CC1CCCN(c2nc3cc(C(=O)O)ccc3c(=O)n2C)C1. The van der Waals surface area contributed by atoms with E-state index in [1.807, 2.05) is 0 Å². The number of anilines is 1. The van der Waals surface area contributed by atoms with Crippen LogP contribution in [0.15, 0.2) is 23.0 Å². The van der Waals surface area contributed by atoms with Crippen LogP contribution in [0.4, 0.5) is 5.95 Å². The molecule has 0 bridgehead atoms. The molecule has 116 valence electrons. The Balaban J connectivity index is 2.16. The van der Waals surface area contributed by atoms with Gasteiger partial charge in [0.1, 0.15) is 0 Å². The number of fused-ring (bicyclic) bond motifs is 1. The number of piperidine rings is 1. The topological polar surface area (TPSA) is 75.4 Å². The van der Waals surface area contributed by atoms with Crippen LogP contribution in [0.2, 0.25) is 0 Å². The van der Waals surface area contributed by atoms with Crippen LogP contribution in [0.25, 0.3) is 10.9 Å². The summed E-state index contributed by atoms with van der Waals surface area (Å²) in [6.07, 6.45) is 2.26. The molecular formula is C16H19N3O3. The molecule has 1 aliphatic rings. The van der Waals surface area contributed by atoms with E-state index in [-0.39, 0.29) is 11.1 Å². The summed E-state index contributed by atoms with van der Waals surface area (Å²) in [5.74, 6) is 0.163. The Morgan fingerprint density at radius 1 is 1.41 bits per heavy atom. The summed E-state index contributed by atoms with van der Waals surface area (Å²) < 4.78 is 1.56. The Bertz CT molecular complexity index is 797. The van der Waals surface area contributed by atoms with Crippen LogP contribution >= 0.6 is 0 Å². The first-order valence-electron chi connectivity index (χ1n) is 7.46. The molecule has 1 atom stereocenters. The molecule has 22 heavy (non-hydrogen) atoms. The summed E-state index contributed by atoms with van der Waals surface area (Å²) in [6.45, 7) is 3.92. The van der Waals surface area contributed by atoms with E-state index in [9.17, 15) is 9.59 Å². The van der Waals surface area contributed by atoms with Crippen molar-refractivity contribution in [2.45, 2.75) is 19.8 Å². The highest BCUT2D eigenvalue weighted by atomic mass is 16.4. The van der Waals surface area contributed by atoms with Gasteiger partial charge in [0.25, 0.3) is 5.56 Å². The predicted octanol–water partition coefficient (Wildman–Crippen LogP) is 1.87. The van der Waals surface area contributed by atoms with E-state index in [0.717, 1.165) is 19.5 Å². The molecule has 6 heteroatoms. The third kappa shape index (κ3) is 2.45. The molecule has 3 rings (SSSR count). The Kier molecular flexibility index (Phi) is 3.60. The number of rotatable bonds is 2. The number of hydrogen-bond acceptors (Lipinski definition) is 4. The molecule has 2 aromatic rings. The fraction of sp³-hybridized carbons (Fsp3) is 0.438. The molecule has 1 N–H and O–H groups in total. The lowest BCUT2D eigenvalue weighted by atomic mass is 10.0. The Morgan fingerprint density at radius 2 is 2.18 bits per heavy atom. The number of carboxylic acids is 1. The van der Waals surface area contributed by atoms with E-state index in [1.54, 1.807) is 11.6 Å². The van der Waals surface area contributed by atoms with Crippen molar-refractivity contribution in [2.75, 3.05) is 18.0 Å². The molecule has 0 saturated carbocycles. The van der Waals surface area contributed by atoms with Gasteiger partial charge in [0, 0.05) is 20.1 Å². The normalized spacial score (nSPS) is 18.6. The largest absolute Gasteiger partial charge is 0.478 e. The second-order valence-electron chi connectivity index (χ2n) is 6.01. The van der Waals surface area contributed by atoms with E-state index in [0.29, 0.717) is 22.8 Å². The van der Waals surface area contributed by atoms with Gasteiger partial charge in [-0.1, -0.05) is 6.92 Å². The van der Waals surface area contributed by atoms with E-state index in [2.05, 4.69) is 16.8 Å². The second kappa shape index (κ2) is 5.44. The number of carboxylic acid groups (broad SMARTS) is 1. The van der Waals surface area contributed by atoms with E-state index >= 15 is 0 Å². The number of nitrogens with zero attached hydrogens (tertiary/aromatic N) is 3. The van der Waals surface area contributed by atoms with E-state index < -0.39 is 5.97 Å². The zero-order valence-corrected chi connectivity index (χ0v) is 12.7. The van der Waals surface area contributed by atoms with E-state index in [1.165, 1.54) is 24.6 Å². The van der Waals surface area contributed by atoms with Crippen LogP contribution in [0.5, 0.6) is 0 Å². The fourth-order valence-electron chi connectivity index (χ4n) is 3.05. The minimum atomic E-state index is -1.02. The lowest BCUT2D eigenvalue weighted by molar-refractivity contribution is 0.0697. The Labute approximate surface area is 128 Å². The molecule has 6 nitrogen and oxygen atoms in total. The first kappa shape index (κ1) is 14.6. The molecule has 1 aliphatic heterocycles. The number of benzene rings is 1. The molecular weight excluding hydrogens is 282 g/mol. The maximum atomic E-state index is 12.5. The van der Waals surface area contributed by atoms with Gasteiger partial charge in [-0.05, 0) is 37.0 Å². The second-order valence-corrected chi connectivity index (χ2v) is 6.01. The number of aromatic carboxylic acids is 1. The highest BCUT2D eigenvalue weighted by molar-refractivity contribution is 5.93. The third-order valence-electron chi connectivity index (χ3n) is 4.24. The van der Waals surface area contributed by atoms with Gasteiger partial charge in [-0.25, -0.2) is 9.78 Å². The first-order valence-corrected chi connectivity index (χ1v) is 7.46. The van der Waals surface area contributed by atoms with Crippen LogP contribution in [0, 0.1) is 5.92 Å². The summed E-state index contributed by atoms with van der Waals surface area (Å²) in [7, 11) is 1.72. The van der Waals surface area contributed by atoms with Crippen molar-refractivity contribution < 1.29 is 9.90 Å². The van der Waals surface area contributed by atoms with Crippen molar-refractivity contribution in [3.63, 3.8) is 0 Å². The number of hydrogen-bond donors (Lipinski definition) is 1. The van der Waals surface area contributed by atoms with Gasteiger partial charge in [-0.15, -0.1) is 0 Å². The minimum Gasteiger partial charge on any atom is -0.478 e. The molecule has 1 saturated heterocycles. The number of carbonyl (C=O) groups is 1. The van der Waals surface area contributed by atoms with Crippen molar-refractivity contribution >= 4 is 22.8 Å².